The minimum absolute atomic E-state index is 0.135. The van der Waals surface area contributed by atoms with Gasteiger partial charge in [-0.15, -0.1) is 0 Å². The van der Waals surface area contributed by atoms with Crippen LogP contribution in [0.25, 0.3) is 0 Å². The summed E-state index contributed by atoms with van der Waals surface area (Å²) in [6.45, 7) is 1.15. The van der Waals surface area contributed by atoms with Crippen molar-refractivity contribution < 1.29 is 4.39 Å². The van der Waals surface area contributed by atoms with Crippen molar-refractivity contribution in [3.63, 3.8) is 0 Å². The van der Waals surface area contributed by atoms with Gasteiger partial charge in [0.2, 0.25) is 0 Å². The Morgan fingerprint density at radius 3 is 2.50 bits per heavy atom. The average Bonchev–Trinajstić information content (AvgIpc) is 2.41. The molecule has 0 aliphatic heterocycles. The van der Waals surface area contributed by atoms with Crippen LogP contribution in [0.4, 0.5) is 4.39 Å². The molecule has 0 bridgehead atoms. The summed E-state index contributed by atoms with van der Waals surface area (Å²) in [6, 6.07) is 7.69. The SMILES string of the molecule is CSCCCCCCNC1CC(c2ccc(F)cc2)C1. The lowest BCUT2D eigenvalue weighted by Gasteiger charge is -2.36. The maximum atomic E-state index is 12.9. The Balaban J connectivity index is 1.50. The molecule has 2 rings (SSSR count). The van der Waals surface area contributed by atoms with Crippen molar-refractivity contribution in [1.82, 2.24) is 5.32 Å². The molecule has 1 nitrogen and oxygen atoms in total. The van der Waals surface area contributed by atoms with Gasteiger partial charge < -0.3 is 5.32 Å². The monoisotopic (exact) mass is 295 g/mol. The van der Waals surface area contributed by atoms with Crippen molar-refractivity contribution in [2.75, 3.05) is 18.6 Å². The Morgan fingerprint density at radius 2 is 1.80 bits per heavy atom. The molecule has 0 heterocycles. The van der Waals surface area contributed by atoms with Gasteiger partial charge in [0.05, 0.1) is 0 Å². The third-order valence-corrected chi connectivity index (χ3v) is 4.88. The minimum Gasteiger partial charge on any atom is -0.314 e. The van der Waals surface area contributed by atoms with Crippen molar-refractivity contribution in [2.45, 2.75) is 50.5 Å². The van der Waals surface area contributed by atoms with Gasteiger partial charge in [0.15, 0.2) is 0 Å². The molecule has 1 N–H and O–H groups in total. The van der Waals surface area contributed by atoms with Gasteiger partial charge in [-0.05, 0) is 67.9 Å². The van der Waals surface area contributed by atoms with Crippen LogP contribution < -0.4 is 5.32 Å². The summed E-state index contributed by atoms with van der Waals surface area (Å²) in [5.74, 6) is 1.80. The molecule has 1 aliphatic rings. The molecule has 0 atom stereocenters. The number of nitrogens with one attached hydrogen (secondary N) is 1. The maximum absolute atomic E-state index is 12.9. The van der Waals surface area contributed by atoms with E-state index in [1.54, 1.807) is 12.1 Å². The van der Waals surface area contributed by atoms with Gasteiger partial charge in [0.1, 0.15) is 5.82 Å². The third-order valence-electron chi connectivity index (χ3n) is 4.19. The highest BCUT2D eigenvalue weighted by Gasteiger charge is 2.29. The molecule has 0 radical (unpaired) electrons. The van der Waals surface area contributed by atoms with Gasteiger partial charge in [0.25, 0.3) is 0 Å². The van der Waals surface area contributed by atoms with Gasteiger partial charge in [-0.25, -0.2) is 4.39 Å². The molecule has 3 heteroatoms. The summed E-state index contributed by atoms with van der Waals surface area (Å²) in [7, 11) is 0. The van der Waals surface area contributed by atoms with Gasteiger partial charge in [-0.2, -0.15) is 11.8 Å². The topological polar surface area (TPSA) is 12.0 Å². The second-order valence-corrected chi connectivity index (χ2v) is 6.76. The molecule has 112 valence electrons. The number of unbranched alkanes of at least 4 members (excludes halogenated alkanes) is 3. The maximum Gasteiger partial charge on any atom is 0.123 e. The highest BCUT2D eigenvalue weighted by Crippen LogP contribution is 2.36. The van der Waals surface area contributed by atoms with E-state index in [4.69, 9.17) is 0 Å². The van der Waals surface area contributed by atoms with E-state index in [9.17, 15) is 4.39 Å². The second-order valence-electron chi connectivity index (χ2n) is 5.78. The second kappa shape index (κ2) is 8.68. The quantitative estimate of drug-likeness (QED) is 0.669. The zero-order valence-electron chi connectivity index (χ0n) is 12.4. The summed E-state index contributed by atoms with van der Waals surface area (Å²) in [5.41, 5.74) is 1.29. The molecule has 1 fully saturated rings. The van der Waals surface area contributed by atoms with Crippen LogP contribution in [0.2, 0.25) is 0 Å². The van der Waals surface area contributed by atoms with Crippen LogP contribution in [0.5, 0.6) is 0 Å². The summed E-state index contributed by atoms with van der Waals surface area (Å²) in [4.78, 5) is 0. The van der Waals surface area contributed by atoms with E-state index in [2.05, 4.69) is 11.6 Å². The molecule has 0 unspecified atom stereocenters. The van der Waals surface area contributed by atoms with E-state index < -0.39 is 0 Å². The van der Waals surface area contributed by atoms with Crippen molar-refractivity contribution >= 4 is 11.8 Å². The van der Waals surface area contributed by atoms with Gasteiger partial charge >= 0.3 is 0 Å². The number of thioether (sulfide) groups is 1. The minimum atomic E-state index is -0.135. The first kappa shape index (κ1) is 15.8. The smallest absolute Gasteiger partial charge is 0.123 e. The Hall–Kier alpha value is -0.540. The van der Waals surface area contributed by atoms with Gasteiger partial charge in [-0.1, -0.05) is 25.0 Å². The zero-order valence-corrected chi connectivity index (χ0v) is 13.2. The lowest BCUT2D eigenvalue weighted by atomic mass is 9.76. The Kier molecular flexibility index (Phi) is 6.88. The lowest BCUT2D eigenvalue weighted by molar-refractivity contribution is 0.289. The largest absolute Gasteiger partial charge is 0.314 e. The van der Waals surface area contributed by atoms with E-state index in [1.165, 1.54) is 49.8 Å². The number of halogens is 1. The highest BCUT2D eigenvalue weighted by molar-refractivity contribution is 7.98. The predicted octanol–water partition coefficient (Wildman–Crippen LogP) is 4.58. The van der Waals surface area contributed by atoms with E-state index in [-0.39, 0.29) is 5.82 Å². The number of rotatable bonds is 9. The number of hydrogen-bond donors (Lipinski definition) is 1. The molecule has 0 spiro atoms. The summed E-state index contributed by atoms with van der Waals surface area (Å²) < 4.78 is 12.9. The van der Waals surface area contributed by atoms with Crippen molar-refractivity contribution in [3.05, 3.63) is 35.6 Å². The first-order valence-electron chi connectivity index (χ1n) is 7.77. The number of benzene rings is 1. The molecule has 1 aromatic rings. The highest BCUT2D eigenvalue weighted by atomic mass is 32.2. The van der Waals surface area contributed by atoms with Crippen LogP contribution in [0.3, 0.4) is 0 Å². The van der Waals surface area contributed by atoms with Crippen LogP contribution in [-0.4, -0.2) is 24.6 Å². The molecule has 1 aliphatic carbocycles. The van der Waals surface area contributed by atoms with Crippen molar-refractivity contribution in [3.8, 4) is 0 Å². The van der Waals surface area contributed by atoms with Crippen molar-refractivity contribution in [2.24, 2.45) is 0 Å². The van der Waals surface area contributed by atoms with E-state index in [0.717, 1.165) is 6.54 Å². The molecule has 20 heavy (non-hydrogen) atoms. The van der Waals surface area contributed by atoms with Crippen LogP contribution in [-0.2, 0) is 0 Å². The third kappa shape index (κ3) is 5.10. The molecule has 0 amide bonds. The molecule has 0 saturated heterocycles. The molecule has 0 aromatic heterocycles. The average molecular weight is 295 g/mol. The Bertz CT molecular complexity index is 373. The van der Waals surface area contributed by atoms with Crippen LogP contribution in [0.1, 0.15) is 50.0 Å². The summed E-state index contributed by atoms with van der Waals surface area (Å²) >= 11 is 1.94. The first-order chi connectivity index (χ1) is 9.79. The molecular weight excluding hydrogens is 269 g/mol. The van der Waals surface area contributed by atoms with E-state index in [1.807, 2.05) is 23.9 Å². The Morgan fingerprint density at radius 1 is 1.10 bits per heavy atom. The van der Waals surface area contributed by atoms with Crippen LogP contribution >= 0.6 is 11.8 Å². The zero-order chi connectivity index (χ0) is 14.2. The first-order valence-corrected chi connectivity index (χ1v) is 9.17. The standard InChI is InChI=1S/C17H26FNS/c1-20-11-5-3-2-4-10-19-17-12-15(13-17)14-6-8-16(18)9-7-14/h6-9,15,17,19H,2-5,10-13H2,1H3. The Labute approximate surface area is 126 Å². The fraction of sp³-hybridized carbons (Fsp3) is 0.647. The molecule has 1 aromatic carbocycles. The fourth-order valence-electron chi connectivity index (χ4n) is 2.82. The normalized spacial score (nSPS) is 21.7. The van der Waals surface area contributed by atoms with E-state index in [0.29, 0.717) is 12.0 Å². The van der Waals surface area contributed by atoms with E-state index >= 15 is 0 Å². The van der Waals surface area contributed by atoms with Gasteiger partial charge in [0, 0.05) is 6.04 Å². The van der Waals surface area contributed by atoms with Gasteiger partial charge in [-0.3, -0.25) is 0 Å². The molecular formula is C17H26FNS. The molecule has 1 saturated carbocycles. The number of hydrogen-bond acceptors (Lipinski definition) is 2. The lowest BCUT2D eigenvalue weighted by Crippen LogP contribution is -2.40. The van der Waals surface area contributed by atoms with Crippen molar-refractivity contribution in [1.29, 1.82) is 0 Å². The fourth-order valence-corrected chi connectivity index (χ4v) is 3.32. The van der Waals surface area contributed by atoms with Crippen LogP contribution in [0, 0.1) is 5.82 Å². The summed E-state index contributed by atoms with van der Waals surface area (Å²) in [5, 5.41) is 3.64. The van der Waals surface area contributed by atoms with Crippen LogP contribution in [0.15, 0.2) is 24.3 Å². The summed E-state index contributed by atoms with van der Waals surface area (Å²) in [6.07, 6.45) is 9.96. The predicted molar refractivity (Wildman–Crippen MR) is 87.0 cm³/mol.